The van der Waals surface area contributed by atoms with Crippen LogP contribution in [0.3, 0.4) is 0 Å². The van der Waals surface area contributed by atoms with E-state index < -0.39 is 11.7 Å². The topological polar surface area (TPSA) is 0 Å². The normalized spacial score (nSPS) is 21.0. The molecule has 1 aromatic rings. The first-order valence-electron chi connectivity index (χ1n) is 4.32. The van der Waals surface area contributed by atoms with Crippen LogP contribution >= 0.6 is 11.8 Å². The zero-order valence-electron chi connectivity index (χ0n) is 7.56. The molecule has 0 fully saturated rings. The lowest BCUT2D eigenvalue weighted by molar-refractivity contribution is -0.137. The highest BCUT2D eigenvalue weighted by Crippen LogP contribution is 2.42. The molecule has 0 spiro atoms. The van der Waals surface area contributed by atoms with Crippen molar-refractivity contribution >= 4 is 11.8 Å². The fraction of sp³-hybridized carbons (Fsp3) is 0.400. The Bertz CT molecular complexity index is 357. The van der Waals surface area contributed by atoms with E-state index in [2.05, 4.69) is 0 Å². The van der Waals surface area contributed by atoms with Crippen LogP contribution in [-0.2, 0) is 6.18 Å². The third-order valence-electron chi connectivity index (χ3n) is 2.36. The van der Waals surface area contributed by atoms with Gasteiger partial charge in [-0.15, -0.1) is 11.8 Å². The number of alkyl halides is 3. The van der Waals surface area contributed by atoms with Crippen molar-refractivity contribution < 1.29 is 13.2 Å². The fourth-order valence-electron chi connectivity index (χ4n) is 1.55. The van der Waals surface area contributed by atoms with Gasteiger partial charge in [-0.3, -0.25) is 0 Å². The lowest BCUT2D eigenvalue weighted by Gasteiger charge is -2.09. The molecule has 0 aromatic heterocycles. The van der Waals surface area contributed by atoms with Crippen LogP contribution in [0.4, 0.5) is 13.2 Å². The third-order valence-corrected chi connectivity index (χ3v) is 3.69. The Hall–Kier alpha value is -0.640. The van der Waals surface area contributed by atoms with E-state index >= 15 is 0 Å². The molecule has 0 radical (unpaired) electrons. The van der Waals surface area contributed by atoms with E-state index in [4.69, 9.17) is 0 Å². The summed E-state index contributed by atoms with van der Waals surface area (Å²) in [4.78, 5) is 0.785. The number of hydrogen-bond donors (Lipinski definition) is 0. The molecule has 0 N–H and O–H groups in total. The number of halogens is 3. The highest BCUT2D eigenvalue weighted by Gasteiger charge is 2.32. The van der Waals surface area contributed by atoms with Crippen molar-refractivity contribution in [2.75, 3.05) is 5.75 Å². The SMILES string of the molecule is CC1CSc2cc(C(F)(F)F)ccc21. The fourth-order valence-corrected chi connectivity index (χ4v) is 2.80. The van der Waals surface area contributed by atoms with Gasteiger partial charge in [0.15, 0.2) is 0 Å². The van der Waals surface area contributed by atoms with Crippen molar-refractivity contribution in [2.45, 2.75) is 23.9 Å². The van der Waals surface area contributed by atoms with Crippen LogP contribution in [-0.4, -0.2) is 5.75 Å². The quantitative estimate of drug-likeness (QED) is 0.636. The number of fused-ring (bicyclic) bond motifs is 1. The zero-order chi connectivity index (χ0) is 10.3. The summed E-state index contributed by atoms with van der Waals surface area (Å²) >= 11 is 1.51. The van der Waals surface area contributed by atoms with Crippen molar-refractivity contribution in [3.63, 3.8) is 0 Å². The van der Waals surface area contributed by atoms with Gasteiger partial charge in [0.25, 0.3) is 0 Å². The van der Waals surface area contributed by atoms with Gasteiger partial charge in [0.1, 0.15) is 0 Å². The van der Waals surface area contributed by atoms with Gasteiger partial charge in [-0.2, -0.15) is 13.2 Å². The second-order valence-corrected chi connectivity index (χ2v) is 4.52. The van der Waals surface area contributed by atoms with Crippen LogP contribution in [0, 0.1) is 0 Å². The standard InChI is InChI=1S/C10H9F3S/c1-6-5-14-9-4-7(10(11,12)13)2-3-8(6)9/h2-4,6H,5H2,1H3. The average molecular weight is 218 g/mol. The smallest absolute Gasteiger partial charge is 0.166 e. The maximum Gasteiger partial charge on any atom is 0.416 e. The maximum atomic E-state index is 12.3. The lowest BCUT2D eigenvalue weighted by Crippen LogP contribution is -2.05. The van der Waals surface area contributed by atoms with Crippen LogP contribution in [0.25, 0.3) is 0 Å². The van der Waals surface area contributed by atoms with Crippen molar-refractivity contribution in [3.05, 3.63) is 29.3 Å². The summed E-state index contributed by atoms with van der Waals surface area (Å²) in [6.07, 6.45) is -4.22. The van der Waals surface area contributed by atoms with E-state index in [1.807, 2.05) is 6.92 Å². The first-order valence-corrected chi connectivity index (χ1v) is 5.31. The molecule has 2 rings (SSSR count). The predicted molar refractivity (Wildman–Crippen MR) is 50.6 cm³/mol. The molecule has 1 unspecified atom stereocenters. The third kappa shape index (κ3) is 1.63. The molecule has 4 heteroatoms. The molecular formula is C10H9F3S. The molecule has 1 heterocycles. The highest BCUT2D eigenvalue weighted by molar-refractivity contribution is 7.99. The Morgan fingerprint density at radius 2 is 2.07 bits per heavy atom. The summed E-state index contributed by atoms with van der Waals surface area (Å²) < 4.78 is 37.0. The maximum absolute atomic E-state index is 12.3. The summed E-state index contributed by atoms with van der Waals surface area (Å²) in [6, 6.07) is 4.02. The Morgan fingerprint density at radius 1 is 1.36 bits per heavy atom. The second-order valence-electron chi connectivity index (χ2n) is 3.46. The Kier molecular flexibility index (Phi) is 2.26. The number of thioether (sulfide) groups is 1. The molecule has 1 atom stereocenters. The zero-order valence-corrected chi connectivity index (χ0v) is 8.38. The molecule has 1 aromatic carbocycles. The first kappa shape index (κ1) is 9.90. The minimum atomic E-state index is -4.22. The summed E-state index contributed by atoms with van der Waals surface area (Å²) in [7, 11) is 0. The molecule has 0 bridgehead atoms. The van der Waals surface area contributed by atoms with Gasteiger partial charge in [-0.1, -0.05) is 13.0 Å². The van der Waals surface area contributed by atoms with Gasteiger partial charge in [-0.25, -0.2) is 0 Å². The van der Waals surface area contributed by atoms with E-state index in [1.165, 1.54) is 23.9 Å². The highest BCUT2D eigenvalue weighted by atomic mass is 32.2. The number of rotatable bonds is 0. The van der Waals surface area contributed by atoms with Crippen LogP contribution < -0.4 is 0 Å². The predicted octanol–water partition coefficient (Wildman–Crippen LogP) is 3.91. The van der Waals surface area contributed by atoms with Gasteiger partial charge in [0, 0.05) is 10.6 Å². The molecule has 1 aliphatic rings. The molecule has 0 aliphatic carbocycles. The Balaban J connectivity index is 2.42. The Morgan fingerprint density at radius 3 is 2.71 bits per heavy atom. The van der Waals surface area contributed by atoms with Crippen molar-refractivity contribution in [1.82, 2.24) is 0 Å². The molecule has 14 heavy (non-hydrogen) atoms. The lowest BCUT2D eigenvalue weighted by atomic mass is 10.0. The molecule has 0 saturated carbocycles. The molecule has 0 amide bonds. The molecule has 0 nitrogen and oxygen atoms in total. The Labute approximate surface area is 84.5 Å². The van der Waals surface area contributed by atoms with Crippen LogP contribution in [0.5, 0.6) is 0 Å². The summed E-state index contributed by atoms with van der Waals surface area (Å²) in [5, 5.41) is 0. The van der Waals surface area contributed by atoms with Gasteiger partial charge in [0.05, 0.1) is 5.56 Å². The van der Waals surface area contributed by atoms with Crippen LogP contribution in [0.15, 0.2) is 23.1 Å². The molecule has 0 saturated heterocycles. The average Bonchev–Trinajstić information content (AvgIpc) is 2.46. The molecule has 76 valence electrons. The van der Waals surface area contributed by atoms with Gasteiger partial charge < -0.3 is 0 Å². The largest absolute Gasteiger partial charge is 0.416 e. The van der Waals surface area contributed by atoms with E-state index in [-0.39, 0.29) is 0 Å². The van der Waals surface area contributed by atoms with Crippen molar-refractivity contribution in [3.8, 4) is 0 Å². The van der Waals surface area contributed by atoms with Crippen LogP contribution in [0.1, 0.15) is 24.0 Å². The van der Waals surface area contributed by atoms with Crippen molar-refractivity contribution in [1.29, 1.82) is 0 Å². The minimum absolute atomic E-state index is 0.372. The minimum Gasteiger partial charge on any atom is -0.166 e. The van der Waals surface area contributed by atoms with E-state index in [0.717, 1.165) is 16.2 Å². The van der Waals surface area contributed by atoms with Gasteiger partial charge in [-0.05, 0) is 23.6 Å². The first-order chi connectivity index (χ1) is 6.48. The number of benzene rings is 1. The monoisotopic (exact) mass is 218 g/mol. The van der Waals surface area contributed by atoms with Crippen molar-refractivity contribution in [2.24, 2.45) is 0 Å². The van der Waals surface area contributed by atoms with Gasteiger partial charge in [0.2, 0.25) is 0 Å². The van der Waals surface area contributed by atoms with Gasteiger partial charge >= 0.3 is 6.18 Å². The summed E-state index contributed by atoms with van der Waals surface area (Å²) in [6.45, 7) is 2.03. The van der Waals surface area contributed by atoms with E-state index in [9.17, 15) is 13.2 Å². The second kappa shape index (κ2) is 3.19. The molecule has 1 aliphatic heterocycles. The number of hydrogen-bond acceptors (Lipinski definition) is 1. The van der Waals surface area contributed by atoms with E-state index in [0.29, 0.717) is 5.92 Å². The summed E-state index contributed by atoms with van der Waals surface area (Å²) in [5.74, 6) is 1.26. The molecular weight excluding hydrogens is 209 g/mol. The van der Waals surface area contributed by atoms with E-state index in [1.54, 1.807) is 6.07 Å². The van der Waals surface area contributed by atoms with Crippen LogP contribution in [0.2, 0.25) is 0 Å². The summed E-state index contributed by atoms with van der Waals surface area (Å²) in [5.41, 5.74) is 0.501.